The van der Waals surface area contributed by atoms with E-state index in [4.69, 9.17) is 9.72 Å². The Morgan fingerprint density at radius 2 is 2.10 bits per heavy atom. The van der Waals surface area contributed by atoms with Gasteiger partial charge in [-0.1, -0.05) is 12.1 Å². The normalized spacial score (nSPS) is 19.7. The SMILES string of the molecule is COC1CCCC(n2c(-c3ccccc3F)nc3cnc(-c4ncn[nH]4)cc32)C1. The van der Waals surface area contributed by atoms with Gasteiger partial charge < -0.3 is 9.30 Å². The number of rotatable bonds is 4. The smallest absolute Gasteiger partial charge is 0.174 e. The number of nitrogens with zero attached hydrogens (tertiary/aromatic N) is 5. The van der Waals surface area contributed by atoms with E-state index in [0.717, 1.165) is 36.7 Å². The number of nitrogens with one attached hydrogen (secondary N) is 1. The molecule has 4 aromatic rings. The van der Waals surface area contributed by atoms with Gasteiger partial charge in [0.2, 0.25) is 0 Å². The van der Waals surface area contributed by atoms with Gasteiger partial charge in [0.1, 0.15) is 29.2 Å². The molecule has 3 aromatic heterocycles. The lowest BCUT2D eigenvalue weighted by atomic mass is 9.92. The Labute approximate surface area is 167 Å². The Kier molecular flexibility index (Phi) is 4.55. The van der Waals surface area contributed by atoms with E-state index in [9.17, 15) is 4.39 Å². The summed E-state index contributed by atoms with van der Waals surface area (Å²) in [6.45, 7) is 0. The fourth-order valence-electron chi connectivity index (χ4n) is 4.23. The number of fused-ring (bicyclic) bond motifs is 1. The average Bonchev–Trinajstić information content (AvgIpc) is 3.41. The molecule has 7 nitrogen and oxygen atoms in total. The highest BCUT2D eigenvalue weighted by molar-refractivity contribution is 5.83. The van der Waals surface area contributed by atoms with E-state index in [2.05, 4.69) is 24.7 Å². The summed E-state index contributed by atoms with van der Waals surface area (Å²) < 4.78 is 22.5. The van der Waals surface area contributed by atoms with E-state index in [-0.39, 0.29) is 18.0 Å². The summed E-state index contributed by atoms with van der Waals surface area (Å²) in [5.41, 5.74) is 2.80. The molecule has 3 heterocycles. The Bertz CT molecular complexity index is 1140. The molecule has 1 aromatic carbocycles. The predicted octanol–water partition coefficient (Wildman–Crippen LogP) is 4.15. The molecule has 8 heteroatoms. The van der Waals surface area contributed by atoms with Crippen molar-refractivity contribution < 1.29 is 9.13 Å². The monoisotopic (exact) mass is 392 g/mol. The van der Waals surface area contributed by atoms with Crippen LogP contribution in [-0.4, -0.2) is 42.9 Å². The van der Waals surface area contributed by atoms with Crippen molar-refractivity contribution >= 4 is 11.0 Å². The molecule has 0 spiro atoms. The third kappa shape index (κ3) is 3.19. The van der Waals surface area contributed by atoms with Gasteiger partial charge in [-0.2, -0.15) is 5.10 Å². The number of halogens is 1. The zero-order valence-corrected chi connectivity index (χ0v) is 16.0. The number of imidazole rings is 1. The van der Waals surface area contributed by atoms with Crippen molar-refractivity contribution in [2.75, 3.05) is 7.11 Å². The first-order chi connectivity index (χ1) is 14.2. The fraction of sp³-hybridized carbons (Fsp3) is 0.333. The van der Waals surface area contributed by atoms with Gasteiger partial charge in [-0.15, -0.1) is 0 Å². The van der Waals surface area contributed by atoms with E-state index in [1.54, 1.807) is 25.4 Å². The minimum atomic E-state index is -0.286. The molecular weight excluding hydrogens is 371 g/mol. The summed E-state index contributed by atoms with van der Waals surface area (Å²) >= 11 is 0. The van der Waals surface area contributed by atoms with Crippen LogP contribution in [0.25, 0.3) is 33.9 Å². The second-order valence-electron chi connectivity index (χ2n) is 7.36. The van der Waals surface area contributed by atoms with Crippen LogP contribution >= 0.6 is 0 Å². The zero-order chi connectivity index (χ0) is 19.8. The second-order valence-corrected chi connectivity index (χ2v) is 7.36. The molecule has 2 atom stereocenters. The van der Waals surface area contributed by atoms with Crippen molar-refractivity contribution in [3.8, 4) is 22.9 Å². The third-order valence-corrected chi connectivity index (χ3v) is 5.65. The molecule has 29 heavy (non-hydrogen) atoms. The summed E-state index contributed by atoms with van der Waals surface area (Å²) in [7, 11) is 1.75. The molecule has 1 aliphatic rings. The van der Waals surface area contributed by atoms with Gasteiger partial charge in [0.05, 0.1) is 23.4 Å². The Balaban J connectivity index is 1.72. The van der Waals surface area contributed by atoms with E-state index < -0.39 is 0 Å². The molecule has 0 bridgehead atoms. The van der Waals surface area contributed by atoms with Gasteiger partial charge in [-0.3, -0.25) is 10.1 Å². The van der Waals surface area contributed by atoms with Crippen LogP contribution in [0.2, 0.25) is 0 Å². The van der Waals surface area contributed by atoms with Crippen LogP contribution in [0.3, 0.4) is 0 Å². The first kappa shape index (κ1) is 17.9. The number of ether oxygens (including phenoxy) is 1. The minimum absolute atomic E-state index is 0.165. The number of hydrogen-bond donors (Lipinski definition) is 1. The number of pyridine rings is 1. The van der Waals surface area contributed by atoms with Crippen LogP contribution in [0.4, 0.5) is 4.39 Å². The standard InChI is InChI=1S/C21H21FN6O/c1-29-14-6-4-5-13(9-14)28-19-10-17(20-24-12-25-27-20)23-11-18(19)26-21(28)15-7-2-3-8-16(15)22/h2-3,7-8,10-14H,4-6,9H2,1H3,(H,24,25,27). The van der Waals surface area contributed by atoms with Crippen molar-refractivity contribution in [2.24, 2.45) is 0 Å². The molecule has 1 N–H and O–H groups in total. The van der Waals surface area contributed by atoms with Crippen LogP contribution in [0.5, 0.6) is 0 Å². The number of benzene rings is 1. The molecule has 0 amide bonds. The van der Waals surface area contributed by atoms with Gasteiger partial charge >= 0.3 is 0 Å². The summed E-state index contributed by atoms with van der Waals surface area (Å²) in [6.07, 6.45) is 7.31. The van der Waals surface area contributed by atoms with Gasteiger partial charge in [-0.05, 0) is 43.9 Å². The quantitative estimate of drug-likeness (QED) is 0.564. The minimum Gasteiger partial charge on any atom is -0.381 e. The third-order valence-electron chi connectivity index (χ3n) is 5.65. The van der Waals surface area contributed by atoms with Crippen molar-refractivity contribution in [1.82, 2.24) is 29.7 Å². The largest absolute Gasteiger partial charge is 0.381 e. The molecule has 0 aliphatic heterocycles. The molecule has 1 fully saturated rings. The van der Waals surface area contributed by atoms with Crippen LogP contribution in [0, 0.1) is 5.82 Å². The zero-order valence-electron chi connectivity index (χ0n) is 16.0. The van der Waals surface area contributed by atoms with Crippen molar-refractivity contribution in [3.05, 3.63) is 48.7 Å². The Morgan fingerprint density at radius 1 is 1.21 bits per heavy atom. The maximum Gasteiger partial charge on any atom is 0.174 e. The van der Waals surface area contributed by atoms with Crippen LogP contribution in [0.15, 0.2) is 42.9 Å². The summed E-state index contributed by atoms with van der Waals surface area (Å²) in [4.78, 5) is 13.4. The second kappa shape index (κ2) is 7.36. The van der Waals surface area contributed by atoms with E-state index in [0.29, 0.717) is 22.9 Å². The number of H-pyrrole nitrogens is 1. The lowest BCUT2D eigenvalue weighted by molar-refractivity contribution is 0.0540. The predicted molar refractivity (Wildman–Crippen MR) is 107 cm³/mol. The maximum atomic E-state index is 14.7. The number of aromatic nitrogens is 6. The summed E-state index contributed by atoms with van der Waals surface area (Å²) in [6, 6.07) is 8.88. The summed E-state index contributed by atoms with van der Waals surface area (Å²) in [5.74, 6) is 0.924. The molecule has 0 radical (unpaired) electrons. The Hall–Kier alpha value is -3.13. The Morgan fingerprint density at radius 3 is 2.90 bits per heavy atom. The molecular formula is C21H21FN6O. The first-order valence-corrected chi connectivity index (χ1v) is 9.76. The van der Waals surface area contributed by atoms with Crippen LogP contribution in [0.1, 0.15) is 31.7 Å². The lowest BCUT2D eigenvalue weighted by Crippen LogP contribution is -2.24. The number of hydrogen-bond acceptors (Lipinski definition) is 5. The molecule has 5 rings (SSSR count). The number of aromatic amines is 1. The topological polar surface area (TPSA) is 81.5 Å². The molecule has 2 unspecified atom stereocenters. The highest BCUT2D eigenvalue weighted by Gasteiger charge is 2.28. The highest BCUT2D eigenvalue weighted by atomic mass is 19.1. The van der Waals surface area contributed by atoms with Gasteiger partial charge in [0.15, 0.2) is 5.82 Å². The lowest BCUT2D eigenvalue weighted by Gasteiger charge is -2.30. The van der Waals surface area contributed by atoms with E-state index >= 15 is 0 Å². The van der Waals surface area contributed by atoms with Gasteiger partial charge in [0.25, 0.3) is 0 Å². The molecule has 1 aliphatic carbocycles. The first-order valence-electron chi connectivity index (χ1n) is 9.76. The van der Waals surface area contributed by atoms with Crippen molar-refractivity contribution in [2.45, 2.75) is 37.8 Å². The van der Waals surface area contributed by atoms with Crippen molar-refractivity contribution in [1.29, 1.82) is 0 Å². The highest BCUT2D eigenvalue weighted by Crippen LogP contribution is 2.37. The van der Waals surface area contributed by atoms with Crippen molar-refractivity contribution in [3.63, 3.8) is 0 Å². The maximum absolute atomic E-state index is 14.7. The molecule has 0 saturated heterocycles. The van der Waals surface area contributed by atoms with Gasteiger partial charge in [0, 0.05) is 13.2 Å². The van der Waals surface area contributed by atoms with Crippen LogP contribution < -0.4 is 0 Å². The number of methoxy groups -OCH3 is 1. The van der Waals surface area contributed by atoms with E-state index in [1.807, 2.05) is 12.1 Å². The molecule has 1 saturated carbocycles. The van der Waals surface area contributed by atoms with Crippen LogP contribution in [-0.2, 0) is 4.74 Å². The fourth-order valence-corrected chi connectivity index (χ4v) is 4.23. The van der Waals surface area contributed by atoms with Gasteiger partial charge in [-0.25, -0.2) is 14.4 Å². The summed E-state index contributed by atoms with van der Waals surface area (Å²) in [5, 5.41) is 6.76. The average molecular weight is 392 g/mol. The molecule has 148 valence electrons. The van der Waals surface area contributed by atoms with E-state index in [1.165, 1.54) is 12.4 Å².